The number of hydrogen-bond acceptors (Lipinski definition) is 4. The topological polar surface area (TPSA) is 50.7 Å². The van der Waals surface area contributed by atoms with Gasteiger partial charge in [0.25, 0.3) is 0 Å². The molecule has 0 aromatic heterocycles. The number of phenolic OH excluding ortho intramolecular Hbond substituents is 1. The number of fused-ring (bicyclic) bond motifs is 2. The first-order chi connectivity index (χ1) is 13.3. The van der Waals surface area contributed by atoms with Crippen molar-refractivity contribution >= 4 is 5.69 Å². The number of phenols is 1. The number of ether oxygens (including phenoxy) is 2. The van der Waals surface area contributed by atoms with Crippen molar-refractivity contribution in [3.8, 4) is 17.2 Å². The van der Waals surface area contributed by atoms with E-state index in [4.69, 9.17) is 9.47 Å². The third-order valence-corrected chi connectivity index (χ3v) is 5.42. The summed E-state index contributed by atoms with van der Waals surface area (Å²) >= 11 is 0. The van der Waals surface area contributed by atoms with Crippen LogP contribution in [0, 0.1) is 0 Å². The molecule has 0 amide bonds. The van der Waals surface area contributed by atoms with Gasteiger partial charge in [0.05, 0.1) is 12.3 Å². The van der Waals surface area contributed by atoms with Crippen molar-refractivity contribution < 1.29 is 14.6 Å². The van der Waals surface area contributed by atoms with E-state index in [2.05, 4.69) is 47.8 Å². The van der Waals surface area contributed by atoms with Gasteiger partial charge in [-0.2, -0.15) is 0 Å². The molecule has 27 heavy (non-hydrogen) atoms. The minimum absolute atomic E-state index is 0.144. The molecule has 136 valence electrons. The first-order valence-corrected chi connectivity index (χ1v) is 9.31. The summed E-state index contributed by atoms with van der Waals surface area (Å²) in [5.41, 5.74) is 4.61. The molecule has 0 aliphatic carbocycles. The molecule has 0 spiro atoms. The van der Waals surface area contributed by atoms with Crippen LogP contribution in [0.4, 0.5) is 5.69 Å². The highest BCUT2D eigenvalue weighted by Gasteiger charge is 2.34. The molecule has 5 rings (SSSR count). The van der Waals surface area contributed by atoms with E-state index in [0.29, 0.717) is 13.2 Å². The molecule has 0 unspecified atom stereocenters. The number of hydrogen-bond donors (Lipinski definition) is 2. The molecule has 2 atom stereocenters. The Morgan fingerprint density at radius 3 is 2.63 bits per heavy atom. The maximum atomic E-state index is 9.88. The molecular weight excluding hydrogens is 338 g/mol. The summed E-state index contributed by atoms with van der Waals surface area (Å²) in [5.74, 6) is 2.23. The van der Waals surface area contributed by atoms with Crippen molar-refractivity contribution in [3.05, 3.63) is 83.4 Å². The fourth-order valence-corrected chi connectivity index (χ4v) is 4.15. The summed E-state index contributed by atoms with van der Waals surface area (Å²) in [6.07, 6.45) is 0. The molecular formula is C23H21NO3. The van der Waals surface area contributed by atoms with Crippen LogP contribution in [-0.4, -0.2) is 24.9 Å². The molecule has 0 saturated heterocycles. The molecule has 0 radical (unpaired) electrons. The lowest BCUT2D eigenvalue weighted by Crippen LogP contribution is -2.25. The van der Waals surface area contributed by atoms with Crippen LogP contribution < -0.4 is 14.8 Å². The van der Waals surface area contributed by atoms with Gasteiger partial charge in [-0.3, -0.25) is 0 Å². The van der Waals surface area contributed by atoms with Gasteiger partial charge in [0, 0.05) is 30.0 Å². The predicted octanol–water partition coefficient (Wildman–Crippen LogP) is 4.50. The van der Waals surface area contributed by atoms with Crippen molar-refractivity contribution in [1.82, 2.24) is 0 Å². The fourth-order valence-electron chi connectivity index (χ4n) is 4.15. The van der Waals surface area contributed by atoms with Crippen molar-refractivity contribution in [2.75, 3.05) is 25.1 Å². The van der Waals surface area contributed by atoms with Gasteiger partial charge in [0.15, 0.2) is 0 Å². The van der Waals surface area contributed by atoms with Crippen LogP contribution in [-0.2, 0) is 0 Å². The average Bonchev–Trinajstić information content (AvgIpc) is 2.73. The normalized spacial score (nSPS) is 20.4. The quantitative estimate of drug-likeness (QED) is 0.707. The van der Waals surface area contributed by atoms with Crippen LogP contribution in [0.5, 0.6) is 17.2 Å². The zero-order chi connectivity index (χ0) is 18.2. The van der Waals surface area contributed by atoms with E-state index < -0.39 is 0 Å². The zero-order valence-electron chi connectivity index (χ0n) is 14.9. The van der Waals surface area contributed by atoms with Gasteiger partial charge in [0.2, 0.25) is 0 Å². The molecule has 2 N–H and O–H groups in total. The predicted molar refractivity (Wildman–Crippen MR) is 105 cm³/mol. The Bertz CT molecular complexity index is 971. The molecule has 4 heteroatoms. The Hall–Kier alpha value is -3.14. The van der Waals surface area contributed by atoms with Crippen LogP contribution in [0.3, 0.4) is 0 Å². The molecule has 2 heterocycles. The van der Waals surface area contributed by atoms with E-state index in [1.807, 2.05) is 12.1 Å². The minimum Gasteiger partial charge on any atom is -0.508 e. The minimum atomic E-state index is 0.144. The van der Waals surface area contributed by atoms with Gasteiger partial charge in [-0.05, 0) is 29.3 Å². The number of anilines is 1. The van der Waals surface area contributed by atoms with Crippen LogP contribution in [0.25, 0.3) is 0 Å². The third kappa shape index (κ3) is 2.87. The van der Waals surface area contributed by atoms with Crippen molar-refractivity contribution in [3.63, 3.8) is 0 Å². The number of aromatic hydroxyl groups is 1. The molecule has 0 fully saturated rings. The summed E-state index contributed by atoms with van der Waals surface area (Å²) in [5, 5.41) is 13.3. The highest BCUT2D eigenvalue weighted by molar-refractivity contribution is 5.62. The Labute approximate surface area is 158 Å². The maximum absolute atomic E-state index is 9.88. The van der Waals surface area contributed by atoms with Crippen molar-refractivity contribution in [2.45, 2.75) is 11.8 Å². The molecule has 2 aliphatic heterocycles. The molecule has 3 aromatic rings. The van der Waals surface area contributed by atoms with Gasteiger partial charge >= 0.3 is 0 Å². The van der Waals surface area contributed by atoms with Crippen molar-refractivity contribution in [2.24, 2.45) is 0 Å². The first kappa shape index (κ1) is 16.1. The van der Waals surface area contributed by atoms with E-state index in [1.165, 1.54) is 11.1 Å². The lowest BCUT2D eigenvalue weighted by Gasteiger charge is -2.35. The Morgan fingerprint density at radius 1 is 0.852 bits per heavy atom. The van der Waals surface area contributed by atoms with Gasteiger partial charge in [-0.1, -0.05) is 42.5 Å². The summed E-state index contributed by atoms with van der Waals surface area (Å²) in [6, 6.07) is 22.3. The number of nitrogens with one attached hydrogen (secondary N) is 1. The third-order valence-electron chi connectivity index (χ3n) is 5.42. The number of benzene rings is 3. The Morgan fingerprint density at radius 2 is 1.74 bits per heavy atom. The molecule has 3 aromatic carbocycles. The SMILES string of the molecule is Oc1ccc2c(c1)OC[C@H](c1ccccc1)[C@@H]2c1ccc2c(c1)NCCO2. The van der Waals surface area contributed by atoms with Gasteiger partial charge < -0.3 is 19.9 Å². The summed E-state index contributed by atoms with van der Waals surface area (Å²) < 4.78 is 11.8. The largest absolute Gasteiger partial charge is 0.508 e. The first-order valence-electron chi connectivity index (χ1n) is 9.31. The second kappa shape index (κ2) is 6.54. The maximum Gasteiger partial charge on any atom is 0.142 e. The lowest BCUT2D eigenvalue weighted by atomic mass is 9.75. The smallest absolute Gasteiger partial charge is 0.142 e. The van der Waals surface area contributed by atoms with Gasteiger partial charge in [0.1, 0.15) is 23.9 Å². The van der Waals surface area contributed by atoms with Crippen LogP contribution in [0.2, 0.25) is 0 Å². The summed E-state index contributed by atoms with van der Waals surface area (Å²) in [6.45, 7) is 2.08. The van der Waals surface area contributed by atoms with Gasteiger partial charge in [-0.15, -0.1) is 0 Å². The second-order valence-corrected chi connectivity index (χ2v) is 7.06. The Balaban J connectivity index is 1.65. The van der Waals surface area contributed by atoms with E-state index in [0.717, 1.165) is 29.3 Å². The summed E-state index contributed by atoms with van der Waals surface area (Å²) in [4.78, 5) is 0. The molecule has 0 saturated carbocycles. The highest BCUT2D eigenvalue weighted by Crippen LogP contribution is 2.48. The molecule has 2 aliphatic rings. The van der Waals surface area contributed by atoms with Gasteiger partial charge in [-0.25, -0.2) is 0 Å². The standard InChI is InChI=1S/C23H21NO3/c25-17-7-8-18-22(13-17)27-14-19(15-4-2-1-3-5-15)23(18)16-6-9-21-20(12-16)24-10-11-26-21/h1-9,12-13,19,23-25H,10-11,14H2/t19-,23-/m1/s1. The van der Waals surface area contributed by atoms with Crippen molar-refractivity contribution in [1.29, 1.82) is 0 Å². The average molecular weight is 359 g/mol. The van der Waals surface area contributed by atoms with E-state index in [1.54, 1.807) is 12.1 Å². The van der Waals surface area contributed by atoms with Crippen LogP contribution >= 0.6 is 0 Å². The highest BCUT2D eigenvalue weighted by atomic mass is 16.5. The van der Waals surface area contributed by atoms with E-state index in [9.17, 15) is 5.11 Å². The molecule has 4 nitrogen and oxygen atoms in total. The zero-order valence-corrected chi connectivity index (χ0v) is 14.9. The van der Waals surface area contributed by atoms with E-state index >= 15 is 0 Å². The Kier molecular flexibility index (Phi) is 3.89. The van der Waals surface area contributed by atoms with Crippen LogP contribution in [0.15, 0.2) is 66.7 Å². The van der Waals surface area contributed by atoms with Crippen LogP contribution in [0.1, 0.15) is 28.5 Å². The fraction of sp³-hybridized carbons (Fsp3) is 0.217. The monoisotopic (exact) mass is 359 g/mol. The van der Waals surface area contributed by atoms with E-state index in [-0.39, 0.29) is 17.6 Å². The lowest BCUT2D eigenvalue weighted by molar-refractivity contribution is 0.247. The molecule has 0 bridgehead atoms. The second-order valence-electron chi connectivity index (χ2n) is 7.06. The number of rotatable bonds is 2. The summed E-state index contributed by atoms with van der Waals surface area (Å²) in [7, 11) is 0.